The average molecular weight is 269 g/mol. The molecule has 1 aliphatic heterocycles. The SMILES string of the molecule is COc1ccc(Cl)c(OC2C(=O)N=CNC2=O)c1. The maximum absolute atomic E-state index is 11.5. The highest BCUT2D eigenvalue weighted by molar-refractivity contribution is 6.32. The first-order chi connectivity index (χ1) is 8.61. The van der Waals surface area contributed by atoms with Gasteiger partial charge in [0.1, 0.15) is 11.5 Å². The summed E-state index contributed by atoms with van der Waals surface area (Å²) in [7, 11) is 1.48. The van der Waals surface area contributed by atoms with Crippen LogP contribution in [-0.2, 0) is 9.59 Å². The summed E-state index contributed by atoms with van der Waals surface area (Å²) in [4.78, 5) is 26.3. The second kappa shape index (κ2) is 5.05. The van der Waals surface area contributed by atoms with Crippen LogP contribution in [0.1, 0.15) is 0 Å². The second-order valence-electron chi connectivity index (χ2n) is 3.40. The lowest BCUT2D eigenvalue weighted by Gasteiger charge is -2.18. The number of methoxy groups -OCH3 is 1. The van der Waals surface area contributed by atoms with Crippen molar-refractivity contribution in [2.45, 2.75) is 6.10 Å². The summed E-state index contributed by atoms with van der Waals surface area (Å²) in [5, 5.41) is 2.55. The normalized spacial score (nSPS) is 18.4. The number of aliphatic imine (C=N–C) groups is 1. The van der Waals surface area contributed by atoms with Crippen molar-refractivity contribution in [1.82, 2.24) is 5.32 Å². The number of nitrogens with zero attached hydrogens (tertiary/aromatic N) is 1. The van der Waals surface area contributed by atoms with Gasteiger partial charge in [-0.25, -0.2) is 0 Å². The molecule has 0 bridgehead atoms. The van der Waals surface area contributed by atoms with Gasteiger partial charge in [-0.1, -0.05) is 11.6 Å². The van der Waals surface area contributed by atoms with Gasteiger partial charge in [0.15, 0.2) is 0 Å². The van der Waals surface area contributed by atoms with Gasteiger partial charge in [0.25, 0.3) is 17.9 Å². The van der Waals surface area contributed by atoms with Crippen molar-refractivity contribution in [3.05, 3.63) is 23.2 Å². The quantitative estimate of drug-likeness (QED) is 0.822. The van der Waals surface area contributed by atoms with Gasteiger partial charge in [0, 0.05) is 6.07 Å². The van der Waals surface area contributed by atoms with Crippen LogP contribution in [0.5, 0.6) is 11.5 Å². The Bertz CT molecular complexity index is 530. The van der Waals surface area contributed by atoms with Crippen molar-refractivity contribution in [2.24, 2.45) is 4.99 Å². The molecule has 6 nitrogen and oxygen atoms in total. The topological polar surface area (TPSA) is 77.0 Å². The zero-order valence-corrected chi connectivity index (χ0v) is 10.1. The van der Waals surface area contributed by atoms with Gasteiger partial charge in [-0.15, -0.1) is 0 Å². The van der Waals surface area contributed by atoms with E-state index < -0.39 is 17.9 Å². The van der Waals surface area contributed by atoms with Gasteiger partial charge in [-0.05, 0) is 12.1 Å². The van der Waals surface area contributed by atoms with E-state index >= 15 is 0 Å². The van der Waals surface area contributed by atoms with E-state index in [1.807, 2.05) is 0 Å². The number of carbonyl (C=O) groups excluding carboxylic acids is 2. The summed E-state index contributed by atoms with van der Waals surface area (Å²) < 4.78 is 10.3. The molecular weight excluding hydrogens is 260 g/mol. The highest BCUT2D eigenvalue weighted by atomic mass is 35.5. The van der Waals surface area contributed by atoms with E-state index in [9.17, 15) is 9.59 Å². The molecule has 0 radical (unpaired) electrons. The minimum absolute atomic E-state index is 0.182. The molecular formula is C11H9ClN2O4. The van der Waals surface area contributed by atoms with Crippen LogP contribution < -0.4 is 14.8 Å². The van der Waals surface area contributed by atoms with Crippen molar-refractivity contribution in [2.75, 3.05) is 7.11 Å². The Morgan fingerprint density at radius 1 is 1.39 bits per heavy atom. The molecule has 0 spiro atoms. The number of benzene rings is 1. The van der Waals surface area contributed by atoms with Crippen molar-refractivity contribution in [3.8, 4) is 11.5 Å². The lowest BCUT2D eigenvalue weighted by Crippen LogP contribution is -2.46. The molecule has 0 aromatic heterocycles. The summed E-state index contributed by atoms with van der Waals surface area (Å²) in [5.74, 6) is -0.588. The summed E-state index contributed by atoms with van der Waals surface area (Å²) in [6, 6.07) is 4.67. The number of nitrogens with one attached hydrogen (secondary N) is 1. The van der Waals surface area contributed by atoms with Gasteiger partial charge in [0.2, 0.25) is 0 Å². The van der Waals surface area contributed by atoms with Gasteiger partial charge < -0.3 is 14.8 Å². The van der Waals surface area contributed by atoms with E-state index in [0.29, 0.717) is 5.75 Å². The molecule has 94 valence electrons. The van der Waals surface area contributed by atoms with Crippen molar-refractivity contribution < 1.29 is 19.1 Å². The second-order valence-corrected chi connectivity index (χ2v) is 3.81. The first-order valence-electron chi connectivity index (χ1n) is 4.99. The first-order valence-corrected chi connectivity index (χ1v) is 5.36. The molecule has 2 rings (SSSR count). The summed E-state index contributed by atoms with van der Waals surface area (Å²) >= 11 is 5.91. The zero-order chi connectivity index (χ0) is 13.1. The van der Waals surface area contributed by atoms with E-state index in [1.165, 1.54) is 13.2 Å². The minimum atomic E-state index is -1.33. The number of ether oxygens (including phenoxy) is 2. The Kier molecular flexibility index (Phi) is 3.47. The number of rotatable bonds is 3. The van der Waals surface area contributed by atoms with Crippen LogP contribution in [0.4, 0.5) is 0 Å². The molecule has 1 atom stereocenters. The van der Waals surface area contributed by atoms with Crippen LogP contribution in [0.2, 0.25) is 5.02 Å². The lowest BCUT2D eigenvalue weighted by atomic mass is 10.2. The number of carbonyl (C=O) groups is 2. The van der Waals surface area contributed by atoms with E-state index in [4.69, 9.17) is 21.1 Å². The summed E-state index contributed by atoms with van der Waals surface area (Å²) in [5.41, 5.74) is 0. The molecule has 0 aliphatic carbocycles. The largest absolute Gasteiger partial charge is 0.497 e. The maximum atomic E-state index is 11.5. The molecule has 2 amide bonds. The van der Waals surface area contributed by atoms with E-state index in [1.54, 1.807) is 12.1 Å². The molecule has 0 fully saturated rings. The predicted octanol–water partition coefficient (Wildman–Crippen LogP) is 0.781. The van der Waals surface area contributed by atoms with Gasteiger partial charge in [-0.3, -0.25) is 9.59 Å². The number of hydrogen-bond acceptors (Lipinski definition) is 4. The summed E-state index contributed by atoms with van der Waals surface area (Å²) in [6.07, 6.45) is -0.308. The Labute approximate surface area is 108 Å². The Morgan fingerprint density at radius 2 is 2.17 bits per heavy atom. The molecule has 18 heavy (non-hydrogen) atoms. The molecule has 7 heteroatoms. The fraction of sp³-hybridized carbons (Fsp3) is 0.182. The molecule has 1 aromatic carbocycles. The zero-order valence-electron chi connectivity index (χ0n) is 9.34. The monoisotopic (exact) mass is 268 g/mol. The molecule has 1 unspecified atom stereocenters. The molecule has 1 aliphatic rings. The van der Waals surface area contributed by atoms with Crippen LogP contribution in [-0.4, -0.2) is 31.4 Å². The van der Waals surface area contributed by atoms with Gasteiger partial charge >= 0.3 is 0 Å². The predicted molar refractivity (Wildman–Crippen MR) is 64.1 cm³/mol. The van der Waals surface area contributed by atoms with Crippen molar-refractivity contribution >= 4 is 29.8 Å². The maximum Gasteiger partial charge on any atom is 0.298 e. The third-order valence-corrected chi connectivity index (χ3v) is 2.56. The molecule has 1 heterocycles. The van der Waals surface area contributed by atoms with Gasteiger partial charge in [0.05, 0.1) is 18.5 Å². The van der Waals surface area contributed by atoms with Gasteiger partial charge in [-0.2, -0.15) is 4.99 Å². The Balaban J connectivity index is 2.25. The minimum Gasteiger partial charge on any atom is -0.497 e. The van der Waals surface area contributed by atoms with E-state index in [0.717, 1.165) is 6.34 Å². The summed E-state index contributed by atoms with van der Waals surface area (Å²) in [6.45, 7) is 0. The number of halogens is 1. The fourth-order valence-electron chi connectivity index (χ4n) is 1.35. The molecule has 0 saturated carbocycles. The van der Waals surface area contributed by atoms with Crippen molar-refractivity contribution in [3.63, 3.8) is 0 Å². The third-order valence-electron chi connectivity index (χ3n) is 2.24. The lowest BCUT2D eigenvalue weighted by molar-refractivity contribution is -0.137. The van der Waals surface area contributed by atoms with E-state index in [-0.39, 0.29) is 10.8 Å². The van der Waals surface area contributed by atoms with Crippen LogP contribution >= 0.6 is 11.6 Å². The van der Waals surface area contributed by atoms with Crippen LogP contribution in [0, 0.1) is 0 Å². The van der Waals surface area contributed by atoms with E-state index in [2.05, 4.69) is 10.3 Å². The molecule has 1 N–H and O–H groups in total. The highest BCUT2D eigenvalue weighted by Gasteiger charge is 2.31. The molecule has 0 saturated heterocycles. The number of amides is 2. The van der Waals surface area contributed by atoms with Crippen LogP contribution in [0.15, 0.2) is 23.2 Å². The van der Waals surface area contributed by atoms with Crippen LogP contribution in [0.25, 0.3) is 0 Å². The molecule has 1 aromatic rings. The average Bonchev–Trinajstić information content (AvgIpc) is 2.36. The Morgan fingerprint density at radius 3 is 2.83 bits per heavy atom. The smallest absolute Gasteiger partial charge is 0.298 e. The van der Waals surface area contributed by atoms with Crippen molar-refractivity contribution in [1.29, 1.82) is 0 Å². The number of hydrogen-bond donors (Lipinski definition) is 1. The first kappa shape index (κ1) is 12.4. The standard InChI is InChI=1S/C11H9ClN2O4/c1-17-6-2-3-7(12)8(4-6)18-9-10(15)13-5-14-11(9)16/h2-5,9H,1H3,(H,13,14,15,16). The third kappa shape index (κ3) is 2.43. The van der Waals surface area contributed by atoms with Crippen LogP contribution in [0.3, 0.4) is 0 Å². The highest BCUT2D eigenvalue weighted by Crippen LogP contribution is 2.30. The fourth-order valence-corrected chi connectivity index (χ4v) is 1.51. The Hall–Kier alpha value is -2.08.